The standard InChI is InChI=1S/C5H11IN2S/c1-4(6)2-3-9-5(7)8/h4H,2-3H2,1H3,(H3,7,8)/t4-/m0/s1. The summed E-state index contributed by atoms with van der Waals surface area (Å²) >= 11 is 3.78. The maximum Gasteiger partial charge on any atom is 0.151 e. The number of hydrogen-bond donors (Lipinski definition) is 2. The molecule has 0 spiro atoms. The summed E-state index contributed by atoms with van der Waals surface area (Å²) in [7, 11) is 0. The third kappa shape index (κ3) is 8.55. The van der Waals surface area contributed by atoms with Gasteiger partial charge in [-0.2, -0.15) is 0 Å². The summed E-state index contributed by atoms with van der Waals surface area (Å²) in [4.78, 5) is 0. The Kier molecular flexibility index (Phi) is 5.67. The van der Waals surface area contributed by atoms with E-state index in [1.165, 1.54) is 11.8 Å². The number of hydrogen-bond acceptors (Lipinski definition) is 2. The van der Waals surface area contributed by atoms with Crippen LogP contribution in [0.15, 0.2) is 0 Å². The molecule has 0 bridgehead atoms. The molecule has 0 aromatic carbocycles. The average Bonchev–Trinajstić information content (AvgIpc) is 1.63. The number of rotatable bonds is 3. The molecule has 0 saturated carbocycles. The van der Waals surface area contributed by atoms with Crippen molar-refractivity contribution >= 4 is 39.5 Å². The van der Waals surface area contributed by atoms with Crippen molar-refractivity contribution < 1.29 is 0 Å². The number of thioether (sulfide) groups is 1. The molecule has 0 unspecified atom stereocenters. The molecule has 0 rings (SSSR count). The van der Waals surface area contributed by atoms with Crippen LogP contribution in [0, 0.1) is 5.41 Å². The molecule has 0 amide bonds. The zero-order chi connectivity index (χ0) is 7.28. The molecule has 0 fully saturated rings. The summed E-state index contributed by atoms with van der Waals surface area (Å²) in [6.45, 7) is 2.15. The Morgan fingerprint density at radius 1 is 1.89 bits per heavy atom. The molecule has 9 heavy (non-hydrogen) atoms. The van der Waals surface area contributed by atoms with Crippen molar-refractivity contribution in [1.82, 2.24) is 0 Å². The second-order valence-corrected chi connectivity index (χ2v) is 5.05. The first-order chi connectivity index (χ1) is 4.13. The molecule has 54 valence electrons. The molecular weight excluding hydrogens is 247 g/mol. The SMILES string of the molecule is C[C@H](I)CCSC(=N)N. The highest BCUT2D eigenvalue weighted by molar-refractivity contribution is 14.1. The van der Waals surface area contributed by atoms with Crippen molar-refractivity contribution in [3.63, 3.8) is 0 Å². The number of amidine groups is 1. The smallest absolute Gasteiger partial charge is 0.151 e. The summed E-state index contributed by atoms with van der Waals surface area (Å²) in [5.74, 6) is 0.972. The van der Waals surface area contributed by atoms with Crippen molar-refractivity contribution in [2.24, 2.45) is 5.73 Å². The zero-order valence-electron chi connectivity index (χ0n) is 5.36. The quantitative estimate of drug-likeness (QED) is 0.351. The Bertz CT molecular complexity index is 95.0. The lowest BCUT2D eigenvalue weighted by Gasteiger charge is -1.99. The lowest BCUT2D eigenvalue weighted by Crippen LogP contribution is -2.05. The van der Waals surface area contributed by atoms with Gasteiger partial charge in [-0.1, -0.05) is 41.3 Å². The van der Waals surface area contributed by atoms with Gasteiger partial charge >= 0.3 is 0 Å². The van der Waals surface area contributed by atoms with Crippen LogP contribution in [0.5, 0.6) is 0 Å². The van der Waals surface area contributed by atoms with E-state index in [2.05, 4.69) is 29.5 Å². The van der Waals surface area contributed by atoms with E-state index in [1.54, 1.807) is 0 Å². The lowest BCUT2D eigenvalue weighted by atomic mass is 10.4. The zero-order valence-corrected chi connectivity index (χ0v) is 8.33. The van der Waals surface area contributed by atoms with Gasteiger partial charge in [0, 0.05) is 9.68 Å². The van der Waals surface area contributed by atoms with Gasteiger partial charge in [0.15, 0.2) is 5.17 Å². The predicted octanol–water partition coefficient (Wildman–Crippen LogP) is 1.83. The van der Waals surface area contributed by atoms with Crippen LogP contribution >= 0.6 is 34.4 Å². The second kappa shape index (κ2) is 5.34. The molecule has 0 aromatic heterocycles. The van der Waals surface area contributed by atoms with E-state index in [0.717, 1.165) is 12.2 Å². The Labute approximate surface area is 73.6 Å². The average molecular weight is 258 g/mol. The van der Waals surface area contributed by atoms with E-state index < -0.39 is 0 Å². The monoisotopic (exact) mass is 258 g/mol. The van der Waals surface area contributed by atoms with Gasteiger partial charge in [-0.25, -0.2) is 0 Å². The molecule has 0 aromatic rings. The molecule has 0 saturated heterocycles. The van der Waals surface area contributed by atoms with Gasteiger partial charge in [-0.15, -0.1) is 0 Å². The third-order valence-electron chi connectivity index (χ3n) is 0.773. The molecule has 3 N–H and O–H groups in total. The van der Waals surface area contributed by atoms with Crippen LogP contribution in [-0.4, -0.2) is 14.8 Å². The molecule has 0 radical (unpaired) electrons. The summed E-state index contributed by atoms with van der Waals surface area (Å²) < 4.78 is 0.689. The molecule has 0 aliphatic rings. The summed E-state index contributed by atoms with van der Waals surface area (Å²) in [6.07, 6.45) is 1.13. The van der Waals surface area contributed by atoms with Crippen LogP contribution < -0.4 is 5.73 Å². The minimum absolute atomic E-state index is 0.229. The highest BCUT2D eigenvalue weighted by Gasteiger charge is 1.95. The van der Waals surface area contributed by atoms with Gasteiger partial charge < -0.3 is 5.73 Å². The molecule has 0 heterocycles. The first-order valence-corrected chi connectivity index (χ1v) is 4.97. The van der Waals surface area contributed by atoms with E-state index in [9.17, 15) is 0 Å². The molecule has 1 atom stereocenters. The molecule has 2 nitrogen and oxygen atoms in total. The van der Waals surface area contributed by atoms with Gasteiger partial charge in [-0.05, 0) is 6.42 Å². The van der Waals surface area contributed by atoms with Crippen LogP contribution in [0.3, 0.4) is 0 Å². The fourth-order valence-electron chi connectivity index (χ4n) is 0.331. The van der Waals surface area contributed by atoms with Crippen molar-refractivity contribution in [2.45, 2.75) is 17.3 Å². The highest BCUT2D eigenvalue weighted by atomic mass is 127. The van der Waals surface area contributed by atoms with Gasteiger partial charge in [0.05, 0.1) is 0 Å². The van der Waals surface area contributed by atoms with Gasteiger partial charge in [0.25, 0.3) is 0 Å². The Hall–Kier alpha value is 0.550. The van der Waals surface area contributed by atoms with Crippen molar-refractivity contribution in [3.8, 4) is 0 Å². The molecule has 0 aliphatic heterocycles. The van der Waals surface area contributed by atoms with Crippen molar-refractivity contribution in [3.05, 3.63) is 0 Å². The Morgan fingerprint density at radius 3 is 2.78 bits per heavy atom. The Morgan fingerprint density at radius 2 is 2.44 bits per heavy atom. The largest absolute Gasteiger partial charge is 0.379 e. The van der Waals surface area contributed by atoms with Crippen LogP contribution in [0.4, 0.5) is 0 Å². The first kappa shape index (κ1) is 9.55. The fraction of sp³-hybridized carbons (Fsp3) is 0.800. The Balaban J connectivity index is 3.01. The molecule has 4 heteroatoms. The number of halogens is 1. The van der Waals surface area contributed by atoms with Gasteiger partial charge in [0.2, 0.25) is 0 Å². The minimum Gasteiger partial charge on any atom is -0.379 e. The third-order valence-corrected chi connectivity index (χ3v) is 2.15. The predicted molar refractivity (Wildman–Crippen MR) is 52.5 cm³/mol. The van der Waals surface area contributed by atoms with E-state index in [4.69, 9.17) is 11.1 Å². The number of alkyl halides is 1. The fourth-order valence-corrected chi connectivity index (χ4v) is 1.76. The summed E-state index contributed by atoms with van der Waals surface area (Å²) in [5.41, 5.74) is 5.12. The van der Waals surface area contributed by atoms with E-state index in [1.807, 2.05) is 0 Å². The van der Waals surface area contributed by atoms with E-state index >= 15 is 0 Å². The molecule has 0 aliphatic carbocycles. The van der Waals surface area contributed by atoms with Crippen LogP contribution in [0.25, 0.3) is 0 Å². The van der Waals surface area contributed by atoms with Crippen molar-refractivity contribution in [2.75, 3.05) is 5.75 Å². The van der Waals surface area contributed by atoms with Crippen LogP contribution in [0.2, 0.25) is 0 Å². The maximum atomic E-state index is 6.88. The minimum atomic E-state index is 0.229. The summed E-state index contributed by atoms with van der Waals surface area (Å²) in [5, 5.41) is 7.11. The molecular formula is C5H11IN2S. The van der Waals surface area contributed by atoms with E-state index in [-0.39, 0.29) is 5.17 Å². The van der Waals surface area contributed by atoms with Crippen LogP contribution in [0.1, 0.15) is 13.3 Å². The normalized spacial score (nSPS) is 13.1. The topological polar surface area (TPSA) is 49.9 Å². The first-order valence-electron chi connectivity index (χ1n) is 2.74. The maximum absolute atomic E-state index is 6.88. The van der Waals surface area contributed by atoms with Crippen LogP contribution in [-0.2, 0) is 0 Å². The number of nitrogens with two attached hydrogens (primary N) is 1. The van der Waals surface area contributed by atoms with Gasteiger partial charge in [-0.3, -0.25) is 5.41 Å². The summed E-state index contributed by atoms with van der Waals surface area (Å²) in [6, 6.07) is 0. The van der Waals surface area contributed by atoms with E-state index in [0.29, 0.717) is 3.92 Å². The van der Waals surface area contributed by atoms with Gasteiger partial charge in [0.1, 0.15) is 0 Å². The highest BCUT2D eigenvalue weighted by Crippen LogP contribution is 2.09. The number of nitrogens with one attached hydrogen (secondary N) is 1. The lowest BCUT2D eigenvalue weighted by molar-refractivity contribution is 0.951. The second-order valence-electron chi connectivity index (χ2n) is 1.78. The van der Waals surface area contributed by atoms with Crippen molar-refractivity contribution in [1.29, 1.82) is 5.41 Å².